The summed E-state index contributed by atoms with van der Waals surface area (Å²) in [5.41, 5.74) is 5.31. The first-order valence-corrected chi connectivity index (χ1v) is 9.28. The summed E-state index contributed by atoms with van der Waals surface area (Å²) in [6.07, 6.45) is 15.2. The summed E-state index contributed by atoms with van der Waals surface area (Å²) in [7, 11) is 0. The maximum absolute atomic E-state index is 11.1. The van der Waals surface area contributed by atoms with E-state index in [9.17, 15) is 4.79 Å². The summed E-state index contributed by atoms with van der Waals surface area (Å²) >= 11 is 0. The minimum atomic E-state index is 0.0922. The van der Waals surface area contributed by atoms with E-state index in [1.165, 1.54) is 64.2 Å². The maximum Gasteiger partial charge on any atom is 0.221 e. The summed E-state index contributed by atoms with van der Waals surface area (Å²) in [6, 6.07) is 0. The van der Waals surface area contributed by atoms with Gasteiger partial charge in [0.2, 0.25) is 5.91 Å². The van der Waals surface area contributed by atoms with E-state index >= 15 is 0 Å². The van der Waals surface area contributed by atoms with Gasteiger partial charge in [-0.25, -0.2) is 0 Å². The molecule has 1 amide bonds. The Hall–Kier alpha value is -0.570. The summed E-state index contributed by atoms with van der Waals surface area (Å²) in [6.45, 7) is 7.53. The standard InChI is InChI=1S/C16H34N2O.C2H6/c1-2-3-4-5-6-7-8-9-10-11-12-15-18-16(19)13-14-17;1-2/h2-15,17H2,1H3,(H,18,19);1-2H3. The molecule has 0 aromatic rings. The van der Waals surface area contributed by atoms with E-state index in [4.69, 9.17) is 5.73 Å². The molecule has 0 atom stereocenters. The summed E-state index contributed by atoms with van der Waals surface area (Å²) < 4.78 is 0. The maximum atomic E-state index is 11.1. The molecular weight excluding hydrogens is 260 g/mol. The molecule has 0 saturated heterocycles. The third kappa shape index (κ3) is 21.9. The molecule has 3 N–H and O–H groups in total. The van der Waals surface area contributed by atoms with Gasteiger partial charge in [0.05, 0.1) is 0 Å². The predicted octanol–water partition coefficient (Wildman–Crippen LogP) is 4.79. The Morgan fingerprint density at radius 2 is 1.24 bits per heavy atom. The number of amides is 1. The fourth-order valence-corrected chi connectivity index (χ4v) is 2.24. The average Bonchev–Trinajstić information content (AvgIpc) is 2.51. The van der Waals surface area contributed by atoms with Crippen molar-refractivity contribution in [1.29, 1.82) is 0 Å². The van der Waals surface area contributed by atoms with Gasteiger partial charge in [0.15, 0.2) is 0 Å². The minimum Gasteiger partial charge on any atom is -0.356 e. The highest BCUT2D eigenvalue weighted by Crippen LogP contribution is 2.10. The zero-order chi connectivity index (χ0) is 16.2. The molecule has 21 heavy (non-hydrogen) atoms. The molecule has 0 bridgehead atoms. The zero-order valence-electron chi connectivity index (χ0n) is 14.9. The second-order valence-corrected chi connectivity index (χ2v) is 5.42. The van der Waals surface area contributed by atoms with Gasteiger partial charge in [0, 0.05) is 19.5 Å². The number of carbonyl (C=O) groups is 1. The highest BCUT2D eigenvalue weighted by Gasteiger charge is 1.97. The fraction of sp³-hybridized carbons (Fsp3) is 0.944. The van der Waals surface area contributed by atoms with Gasteiger partial charge < -0.3 is 11.1 Å². The SMILES string of the molecule is CC.CCCCCCCCCCCCCNC(=O)CCN. The molecule has 0 heterocycles. The van der Waals surface area contributed by atoms with Gasteiger partial charge in [0.1, 0.15) is 0 Å². The van der Waals surface area contributed by atoms with Crippen molar-refractivity contribution < 1.29 is 4.79 Å². The van der Waals surface area contributed by atoms with Gasteiger partial charge in [-0.3, -0.25) is 4.79 Å². The molecule has 0 aliphatic carbocycles. The molecule has 0 aromatic heterocycles. The van der Waals surface area contributed by atoms with Crippen LogP contribution in [0, 0.1) is 0 Å². The van der Waals surface area contributed by atoms with Crippen LogP contribution in [0.5, 0.6) is 0 Å². The van der Waals surface area contributed by atoms with Gasteiger partial charge in [-0.2, -0.15) is 0 Å². The van der Waals surface area contributed by atoms with Crippen LogP contribution in [0.25, 0.3) is 0 Å². The van der Waals surface area contributed by atoms with Crippen LogP contribution in [0.2, 0.25) is 0 Å². The van der Waals surface area contributed by atoms with E-state index in [1.54, 1.807) is 0 Å². The average molecular weight is 301 g/mol. The van der Waals surface area contributed by atoms with E-state index in [2.05, 4.69) is 12.2 Å². The third-order valence-corrected chi connectivity index (χ3v) is 3.47. The van der Waals surface area contributed by atoms with Crippen molar-refractivity contribution in [3.05, 3.63) is 0 Å². The van der Waals surface area contributed by atoms with E-state index in [0.717, 1.165) is 13.0 Å². The van der Waals surface area contributed by atoms with Crippen molar-refractivity contribution >= 4 is 5.91 Å². The van der Waals surface area contributed by atoms with Gasteiger partial charge in [0.25, 0.3) is 0 Å². The lowest BCUT2D eigenvalue weighted by Crippen LogP contribution is -2.26. The number of rotatable bonds is 14. The highest BCUT2D eigenvalue weighted by molar-refractivity contribution is 5.75. The lowest BCUT2D eigenvalue weighted by molar-refractivity contribution is -0.120. The second kappa shape index (κ2) is 21.7. The van der Waals surface area contributed by atoms with Crippen LogP contribution in [-0.2, 0) is 4.79 Å². The van der Waals surface area contributed by atoms with E-state index in [-0.39, 0.29) is 5.91 Å². The van der Waals surface area contributed by atoms with Crippen molar-refractivity contribution in [3.8, 4) is 0 Å². The molecule has 0 rings (SSSR count). The van der Waals surface area contributed by atoms with Crippen molar-refractivity contribution in [3.63, 3.8) is 0 Å². The molecular formula is C18H40N2O. The molecule has 3 nitrogen and oxygen atoms in total. The first-order chi connectivity index (χ1) is 10.3. The lowest BCUT2D eigenvalue weighted by atomic mass is 10.1. The van der Waals surface area contributed by atoms with Crippen LogP contribution in [0.15, 0.2) is 0 Å². The van der Waals surface area contributed by atoms with Crippen molar-refractivity contribution in [2.24, 2.45) is 5.73 Å². The van der Waals surface area contributed by atoms with Crippen LogP contribution in [0.4, 0.5) is 0 Å². The minimum absolute atomic E-state index is 0.0922. The normalized spacial score (nSPS) is 9.90. The Kier molecular flexibility index (Phi) is 23.5. The number of carbonyl (C=O) groups excluding carboxylic acids is 1. The Labute approximate surface area is 133 Å². The number of hydrogen-bond acceptors (Lipinski definition) is 2. The number of nitrogens with one attached hydrogen (secondary N) is 1. The van der Waals surface area contributed by atoms with Crippen molar-refractivity contribution in [1.82, 2.24) is 5.32 Å². The van der Waals surface area contributed by atoms with Crippen molar-refractivity contribution in [2.75, 3.05) is 13.1 Å². The van der Waals surface area contributed by atoms with E-state index in [0.29, 0.717) is 13.0 Å². The monoisotopic (exact) mass is 300 g/mol. The number of unbranched alkanes of at least 4 members (excludes halogenated alkanes) is 10. The third-order valence-electron chi connectivity index (χ3n) is 3.47. The van der Waals surface area contributed by atoms with Crippen LogP contribution in [0.3, 0.4) is 0 Å². The number of hydrogen-bond donors (Lipinski definition) is 2. The van der Waals surface area contributed by atoms with Crippen LogP contribution in [-0.4, -0.2) is 19.0 Å². The summed E-state index contributed by atoms with van der Waals surface area (Å²) in [4.78, 5) is 11.1. The molecule has 0 aromatic carbocycles. The smallest absolute Gasteiger partial charge is 0.221 e. The molecule has 0 saturated carbocycles. The van der Waals surface area contributed by atoms with Gasteiger partial charge in [-0.15, -0.1) is 0 Å². The zero-order valence-corrected chi connectivity index (χ0v) is 14.9. The summed E-state index contributed by atoms with van der Waals surface area (Å²) in [5, 5.41) is 2.90. The lowest BCUT2D eigenvalue weighted by Gasteiger charge is -2.04. The van der Waals surface area contributed by atoms with Crippen LogP contribution < -0.4 is 11.1 Å². The quantitative estimate of drug-likeness (QED) is 0.453. The molecule has 3 heteroatoms. The Balaban J connectivity index is 0. The molecule has 0 aliphatic rings. The molecule has 0 spiro atoms. The second-order valence-electron chi connectivity index (χ2n) is 5.42. The number of nitrogens with two attached hydrogens (primary N) is 1. The Morgan fingerprint density at radius 1 is 0.810 bits per heavy atom. The van der Waals surface area contributed by atoms with Crippen LogP contribution in [0.1, 0.15) is 97.8 Å². The van der Waals surface area contributed by atoms with Crippen molar-refractivity contribution in [2.45, 2.75) is 97.8 Å². The summed E-state index contributed by atoms with van der Waals surface area (Å²) in [5.74, 6) is 0.0922. The Bertz CT molecular complexity index is 196. The molecule has 0 unspecified atom stereocenters. The van der Waals surface area contributed by atoms with Gasteiger partial charge >= 0.3 is 0 Å². The largest absolute Gasteiger partial charge is 0.356 e. The predicted molar refractivity (Wildman–Crippen MR) is 94.5 cm³/mol. The topological polar surface area (TPSA) is 55.1 Å². The Morgan fingerprint density at radius 3 is 1.67 bits per heavy atom. The molecule has 0 fully saturated rings. The van der Waals surface area contributed by atoms with E-state index < -0.39 is 0 Å². The van der Waals surface area contributed by atoms with Gasteiger partial charge in [-0.05, 0) is 6.42 Å². The highest BCUT2D eigenvalue weighted by atomic mass is 16.1. The van der Waals surface area contributed by atoms with E-state index in [1.807, 2.05) is 13.8 Å². The fourth-order valence-electron chi connectivity index (χ4n) is 2.24. The first-order valence-electron chi connectivity index (χ1n) is 9.28. The molecule has 0 radical (unpaired) electrons. The van der Waals surface area contributed by atoms with Gasteiger partial charge in [-0.1, -0.05) is 85.0 Å². The molecule has 0 aliphatic heterocycles. The molecule has 128 valence electrons. The van der Waals surface area contributed by atoms with Crippen LogP contribution >= 0.6 is 0 Å². The first kappa shape index (κ1) is 22.7.